The zero-order valence-corrected chi connectivity index (χ0v) is 31.4. The van der Waals surface area contributed by atoms with Gasteiger partial charge in [0, 0.05) is 25.6 Å². The third-order valence-electron chi connectivity index (χ3n) is 11.3. The number of carbonyl (C=O) groups is 4. The minimum Gasteiger partial charge on any atom is -0.455 e. The van der Waals surface area contributed by atoms with Gasteiger partial charge in [-0.2, -0.15) is 0 Å². The van der Waals surface area contributed by atoms with Gasteiger partial charge in [0.2, 0.25) is 17.7 Å². The van der Waals surface area contributed by atoms with Gasteiger partial charge in [-0.25, -0.2) is 0 Å². The average Bonchev–Trinajstić information content (AvgIpc) is 3.75. The lowest BCUT2D eigenvalue weighted by Gasteiger charge is -2.46. The number of aliphatic hydroxyl groups excluding tert-OH is 1. The number of aliphatic hydroxyl groups is 1. The molecule has 278 valence electrons. The summed E-state index contributed by atoms with van der Waals surface area (Å²) in [5.74, 6) is -3.66. The first kappa shape index (κ1) is 37.5. The van der Waals surface area contributed by atoms with Gasteiger partial charge in [-0.05, 0) is 50.2 Å². The van der Waals surface area contributed by atoms with Crippen LogP contribution in [0.4, 0.5) is 0 Å². The molecule has 4 aliphatic heterocycles. The quantitative estimate of drug-likeness (QED) is 0.316. The Morgan fingerprint density at radius 2 is 1.58 bits per heavy atom. The number of nitrogens with zero attached hydrogens (tertiary/aromatic N) is 3. The molecule has 10 nitrogen and oxygen atoms in total. The zero-order valence-electron chi connectivity index (χ0n) is 31.4. The molecule has 1 N–H and O–H groups in total. The molecule has 4 heterocycles. The van der Waals surface area contributed by atoms with Crippen LogP contribution in [-0.2, 0) is 28.7 Å². The van der Waals surface area contributed by atoms with E-state index in [-0.39, 0.29) is 30.2 Å². The second-order valence-corrected chi connectivity index (χ2v) is 16.6. The molecular weight excluding hydrogens is 658 g/mol. The third kappa shape index (κ3) is 6.71. The van der Waals surface area contributed by atoms with Gasteiger partial charge >= 0.3 is 5.97 Å². The monoisotopic (exact) mass is 711 g/mol. The number of ether oxygens (including phenoxy) is 2. The molecule has 6 rings (SSSR count). The maximum Gasteiger partial charge on any atom is 0.313 e. The van der Waals surface area contributed by atoms with Crippen molar-refractivity contribution in [3.8, 4) is 0 Å². The number of allylic oxidation sites excluding steroid dienone is 1. The molecule has 0 radical (unpaired) electrons. The zero-order chi connectivity index (χ0) is 37.6. The highest BCUT2D eigenvalue weighted by Crippen LogP contribution is 2.57. The molecule has 0 saturated carbocycles. The molecule has 1 spiro atoms. The number of hydrogen-bond acceptors (Lipinski definition) is 7. The molecule has 2 fully saturated rings. The first-order valence-electron chi connectivity index (χ1n) is 18.4. The maximum atomic E-state index is 15.4. The number of benzene rings is 2. The van der Waals surface area contributed by atoms with Crippen molar-refractivity contribution in [2.75, 3.05) is 20.2 Å². The molecule has 2 aromatic carbocycles. The highest BCUT2D eigenvalue weighted by molar-refractivity contribution is 5.99. The molecule has 4 aliphatic rings. The van der Waals surface area contributed by atoms with E-state index < -0.39 is 71.8 Å². The predicted molar refractivity (Wildman–Crippen MR) is 196 cm³/mol. The van der Waals surface area contributed by atoms with Crippen molar-refractivity contribution in [1.82, 2.24) is 14.7 Å². The normalized spacial score (nSPS) is 31.2. The summed E-state index contributed by atoms with van der Waals surface area (Å²) in [4.78, 5) is 63.4. The third-order valence-corrected chi connectivity index (χ3v) is 11.3. The highest BCUT2D eigenvalue weighted by atomic mass is 16.6. The van der Waals surface area contributed by atoms with Crippen LogP contribution in [0.3, 0.4) is 0 Å². The van der Waals surface area contributed by atoms with Crippen LogP contribution in [0.1, 0.15) is 84.1 Å². The summed E-state index contributed by atoms with van der Waals surface area (Å²) in [6.07, 6.45) is 7.09. The van der Waals surface area contributed by atoms with Crippen molar-refractivity contribution < 1.29 is 33.8 Å². The van der Waals surface area contributed by atoms with Gasteiger partial charge in [0.25, 0.3) is 0 Å². The summed E-state index contributed by atoms with van der Waals surface area (Å²) in [6.45, 7) is 12.1. The van der Waals surface area contributed by atoms with E-state index in [0.717, 1.165) is 0 Å². The first-order chi connectivity index (χ1) is 24.6. The second-order valence-electron chi connectivity index (χ2n) is 16.6. The SMILES string of the molecule is C[C@H]1[C@H](c2ccccc2)OC(=O)[C@@H]2[C@H]3C(=O)N([C@H](CO)c4ccccc4)[C@H](C(=O)N(C(C)(C)CC(C)(C)C)C/C=C\CCC(=O)N1C)[C@]31C=C[C@H]2O1. The summed E-state index contributed by atoms with van der Waals surface area (Å²) in [5.41, 5.74) is -0.924. The summed E-state index contributed by atoms with van der Waals surface area (Å²) < 4.78 is 13.1. The standard InChI is InChI=1S/C42H53N3O7/c1-27-35(29-19-13-9-14-20-29)51-39(50)33-31-22-23-42(52-31)34(33)37(48)45(30(25-46)28-17-11-8-12-18-28)36(42)38(49)44(41(5,6)26-40(2,3)4)24-16-10-15-21-32(47)43(27)7/h8-14,16-20,22-23,27,30-31,33-36,46H,15,21,24-26H2,1-7H3/b16-10-/t27-,30+,31+,33-,34-,35+,36+,42-/m0/s1. The fourth-order valence-corrected chi connectivity index (χ4v) is 9.10. The first-order valence-corrected chi connectivity index (χ1v) is 18.4. The lowest BCUT2D eigenvalue weighted by Crippen LogP contribution is -2.61. The van der Waals surface area contributed by atoms with Crippen LogP contribution >= 0.6 is 0 Å². The Kier molecular flexibility index (Phi) is 10.3. The van der Waals surface area contributed by atoms with Crippen LogP contribution in [0.15, 0.2) is 85.0 Å². The Morgan fingerprint density at radius 3 is 2.21 bits per heavy atom. The van der Waals surface area contributed by atoms with Gasteiger partial charge in [0.05, 0.1) is 30.7 Å². The van der Waals surface area contributed by atoms with E-state index in [1.54, 1.807) is 29.0 Å². The fourth-order valence-electron chi connectivity index (χ4n) is 9.10. The van der Waals surface area contributed by atoms with Crippen molar-refractivity contribution >= 4 is 23.7 Å². The Balaban J connectivity index is 1.51. The molecule has 5 bridgehead atoms. The molecule has 0 unspecified atom stereocenters. The fraction of sp³-hybridized carbons (Fsp3) is 0.524. The van der Waals surface area contributed by atoms with E-state index in [4.69, 9.17) is 9.47 Å². The van der Waals surface area contributed by atoms with Crippen LogP contribution in [-0.4, -0.2) is 93.0 Å². The van der Waals surface area contributed by atoms with Crippen LogP contribution in [0.25, 0.3) is 0 Å². The largest absolute Gasteiger partial charge is 0.455 e. The topological polar surface area (TPSA) is 117 Å². The minimum absolute atomic E-state index is 0.106. The number of fused-ring (bicyclic) bond motifs is 2. The summed E-state index contributed by atoms with van der Waals surface area (Å²) >= 11 is 0. The molecule has 2 saturated heterocycles. The Bertz CT molecular complexity index is 1720. The van der Waals surface area contributed by atoms with Gasteiger partial charge in [-0.15, -0.1) is 0 Å². The molecule has 0 aliphatic carbocycles. The van der Waals surface area contributed by atoms with E-state index in [0.29, 0.717) is 24.0 Å². The van der Waals surface area contributed by atoms with Gasteiger partial charge in [0.15, 0.2) is 0 Å². The smallest absolute Gasteiger partial charge is 0.313 e. The van der Waals surface area contributed by atoms with E-state index in [2.05, 4.69) is 20.8 Å². The second kappa shape index (κ2) is 14.3. The molecule has 3 amide bonds. The van der Waals surface area contributed by atoms with E-state index in [1.165, 1.54) is 4.90 Å². The van der Waals surface area contributed by atoms with Crippen LogP contribution in [0.2, 0.25) is 0 Å². The number of rotatable bonds is 6. The number of likely N-dealkylation sites (tertiary alicyclic amines) is 1. The maximum absolute atomic E-state index is 15.4. The summed E-state index contributed by atoms with van der Waals surface area (Å²) in [6, 6.07) is 15.9. The minimum atomic E-state index is -1.47. The number of carbonyl (C=O) groups excluding carboxylic acids is 4. The van der Waals surface area contributed by atoms with Crippen molar-refractivity contribution in [2.45, 2.75) is 102 Å². The van der Waals surface area contributed by atoms with Gasteiger partial charge < -0.3 is 29.3 Å². The van der Waals surface area contributed by atoms with E-state index in [9.17, 15) is 14.7 Å². The number of amides is 3. The van der Waals surface area contributed by atoms with Crippen molar-refractivity contribution in [2.24, 2.45) is 17.3 Å². The van der Waals surface area contributed by atoms with E-state index in [1.807, 2.05) is 93.6 Å². The highest BCUT2D eigenvalue weighted by Gasteiger charge is 2.74. The van der Waals surface area contributed by atoms with Gasteiger partial charge in [-0.3, -0.25) is 19.2 Å². The summed E-state index contributed by atoms with van der Waals surface area (Å²) in [7, 11) is 1.71. The number of likely N-dealkylation sites (N-methyl/N-ethyl adjacent to an activating group) is 1. The lowest BCUT2D eigenvalue weighted by atomic mass is 9.74. The molecule has 0 aromatic heterocycles. The van der Waals surface area contributed by atoms with Crippen molar-refractivity contribution in [3.63, 3.8) is 0 Å². The lowest BCUT2D eigenvalue weighted by molar-refractivity contribution is -0.164. The van der Waals surface area contributed by atoms with Gasteiger partial charge in [-0.1, -0.05) is 106 Å². The molecule has 8 atom stereocenters. The predicted octanol–water partition coefficient (Wildman–Crippen LogP) is 5.40. The van der Waals surface area contributed by atoms with Crippen molar-refractivity contribution in [3.05, 3.63) is 96.1 Å². The molecular formula is C42H53N3O7. The Hall–Kier alpha value is -4.28. The van der Waals surface area contributed by atoms with Crippen LogP contribution in [0, 0.1) is 17.3 Å². The number of esters is 1. The summed E-state index contributed by atoms with van der Waals surface area (Å²) in [5, 5.41) is 11.0. The molecule has 2 aromatic rings. The Morgan fingerprint density at radius 1 is 0.923 bits per heavy atom. The van der Waals surface area contributed by atoms with Crippen LogP contribution in [0.5, 0.6) is 0 Å². The van der Waals surface area contributed by atoms with Gasteiger partial charge in [0.1, 0.15) is 23.7 Å². The van der Waals surface area contributed by atoms with E-state index >= 15 is 9.59 Å². The average molecular weight is 712 g/mol. The molecule has 10 heteroatoms. The molecule has 52 heavy (non-hydrogen) atoms. The van der Waals surface area contributed by atoms with Crippen LogP contribution < -0.4 is 0 Å². The number of hydrogen-bond donors (Lipinski definition) is 1. The number of cyclic esters (lactones) is 1. The van der Waals surface area contributed by atoms with Crippen molar-refractivity contribution in [1.29, 1.82) is 0 Å². The Labute approximate surface area is 307 Å².